The molecule has 198 valence electrons. The van der Waals surface area contributed by atoms with E-state index in [4.69, 9.17) is 0 Å². The van der Waals surface area contributed by atoms with Gasteiger partial charge in [-0.25, -0.2) is 22.6 Å². The molecule has 5 rings (SSSR count). The van der Waals surface area contributed by atoms with E-state index in [1.54, 1.807) is 0 Å². The average Bonchev–Trinajstić information content (AvgIpc) is 3.55. The molecule has 0 spiro atoms. The van der Waals surface area contributed by atoms with E-state index in [-0.39, 0.29) is 35.2 Å². The second-order valence-electron chi connectivity index (χ2n) is 9.94. The maximum absolute atomic E-state index is 13.6. The molecule has 1 aromatic carbocycles. The van der Waals surface area contributed by atoms with Crippen LogP contribution in [0.1, 0.15) is 47.9 Å². The predicted molar refractivity (Wildman–Crippen MR) is 140 cm³/mol. The quantitative estimate of drug-likeness (QED) is 0.520. The summed E-state index contributed by atoms with van der Waals surface area (Å²) in [5.41, 5.74) is 5.57. The van der Waals surface area contributed by atoms with Crippen LogP contribution in [0.4, 0.5) is 25.0 Å². The van der Waals surface area contributed by atoms with Crippen LogP contribution in [0.2, 0.25) is 0 Å². The number of urea groups is 1. The number of carbonyl (C=O) groups is 1. The van der Waals surface area contributed by atoms with E-state index >= 15 is 0 Å². The maximum atomic E-state index is 13.6. The van der Waals surface area contributed by atoms with E-state index in [0.717, 1.165) is 64.3 Å². The molecule has 2 amide bonds. The standard InChI is InChI=1S/C24H32F2N6O3S.Na.H/c1-30-10-8-18(9-11-30)32(19-13-27-31(14-19)15-22(25)26)36(34,35)29-24(33)28-23-20-6-2-4-16(20)12-17-5-3-7-21(17)23;;/h12-14,18,22H,2-11,15H2,1H3,(H2,28,29,33);;. The van der Waals surface area contributed by atoms with Gasteiger partial charge in [-0.2, -0.15) is 13.5 Å². The van der Waals surface area contributed by atoms with Crippen molar-refractivity contribution in [2.45, 2.75) is 70.4 Å². The predicted octanol–water partition coefficient (Wildman–Crippen LogP) is 2.44. The van der Waals surface area contributed by atoms with Gasteiger partial charge in [0.25, 0.3) is 6.43 Å². The topological polar surface area (TPSA) is 99.6 Å². The summed E-state index contributed by atoms with van der Waals surface area (Å²) in [7, 11) is -2.39. The fraction of sp³-hybridized carbons (Fsp3) is 0.583. The summed E-state index contributed by atoms with van der Waals surface area (Å²) in [6.45, 7) is 0.714. The van der Waals surface area contributed by atoms with Crippen molar-refractivity contribution in [3.63, 3.8) is 0 Å². The van der Waals surface area contributed by atoms with Gasteiger partial charge in [-0.15, -0.1) is 0 Å². The normalized spacial score (nSPS) is 17.8. The fourth-order valence-corrected chi connectivity index (χ4v) is 7.11. The number of piperidine rings is 1. The van der Waals surface area contributed by atoms with Crippen LogP contribution in [-0.4, -0.2) is 91.3 Å². The number of carbonyl (C=O) groups excluding carboxylic acids is 1. The van der Waals surface area contributed by atoms with Crippen molar-refractivity contribution in [1.82, 2.24) is 19.4 Å². The molecule has 37 heavy (non-hydrogen) atoms. The molecule has 2 heterocycles. The zero-order valence-electron chi connectivity index (χ0n) is 20.3. The van der Waals surface area contributed by atoms with Crippen LogP contribution >= 0.6 is 0 Å². The third kappa shape index (κ3) is 6.13. The van der Waals surface area contributed by atoms with E-state index in [9.17, 15) is 22.0 Å². The van der Waals surface area contributed by atoms with Crippen LogP contribution in [0.15, 0.2) is 18.5 Å². The summed E-state index contributed by atoms with van der Waals surface area (Å²) in [4.78, 5) is 15.2. The Morgan fingerprint density at radius 3 is 2.35 bits per heavy atom. The molecule has 3 aliphatic rings. The van der Waals surface area contributed by atoms with Gasteiger partial charge in [0, 0.05) is 17.9 Å². The van der Waals surface area contributed by atoms with Gasteiger partial charge < -0.3 is 10.2 Å². The van der Waals surface area contributed by atoms with Crippen LogP contribution in [0.5, 0.6) is 0 Å². The van der Waals surface area contributed by atoms with Crippen molar-refractivity contribution in [1.29, 1.82) is 0 Å². The SMILES string of the molecule is CN1CCC(N(c2cnn(CC(F)F)c2)S(=O)(=O)NC(=O)Nc2c3c(cc4c2CCC4)CCC3)CC1.[NaH]. The molecule has 0 atom stereocenters. The van der Waals surface area contributed by atoms with Gasteiger partial charge in [0.1, 0.15) is 6.54 Å². The first-order valence-electron chi connectivity index (χ1n) is 12.5. The van der Waals surface area contributed by atoms with Crippen molar-refractivity contribution >= 4 is 57.2 Å². The number of aryl methyl sites for hydroxylation is 2. The number of hydrogen-bond acceptors (Lipinski definition) is 5. The van der Waals surface area contributed by atoms with Crippen molar-refractivity contribution in [3.05, 3.63) is 40.7 Å². The van der Waals surface area contributed by atoms with Crippen molar-refractivity contribution < 1.29 is 22.0 Å². The number of hydrogen-bond donors (Lipinski definition) is 2. The van der Waals surface area contributed by atoms with Crippen LogP contribution in [-0.2, 0) is 42.4 Å². The van der Waals surface area contributed by atoms with E-state index in [1.165, 1.54) is 23.5 Å². The number of alkyl halides is 2. The number of aromatic nitrogens is 2. The Morgan fingerprint density at radius 2 is 1.76 bits per heavy atom. The van der Waals surface area contributed by atoms with Gasteiger partial charge in [-0.05, 0) is 93.8 Å². The molecule has 13 heteroatoms. The summed E-state index contributed by atoms with van der Waals surface area (Å²) in [5, 5.41) is 6.78. The number of benzene rings is 1. The third-order valence-electron chi connectivity index (χ3n) is 7.41. The first-order chi connectivity index (χ1) is 17.2. The van der Waals surface area contributed by atoms with Crippen LogP contribution in [0.3, 0.4) is 0 Å². The first kappa shape index (κ1) is 28.3. The molecule has 1 aliphatic heterocycles. The second kappa shape index (κ2) is 11.6. The number of fused-ring (bicyclic) bond motifs is 2. The zero-order valence-corrected chi connectivity index (χ0v) is 21.2. The van der Waals surface area contributed by atoms with Gasteiger partial charge in [-0.3, -0.25) is 4.68 Å². The molecular weight excluding hydrogens is 513 g/mol. The van der Waals surface area contributed by atoms with Gasteiger partial charge in [0.15, 0.2) is 0 Å². The molecule has 0 radical (unpaired) electrons. The summed E-state index contributed by atoms with van der Waals surface area (Å²) in [5.74, 6) is 0. The Hall–Kier alpha value is -1.73. The number of halogens is 2. The average molecular weight is 547 g/mol. The summed E-state index contributed by atoms with van der Waals surface area (Å²) >= 11 is 0. The van der Waals surface area contributed by atoms with Crippen LogP contribution in [0, 0.1) is 0 Å². The zero-order chi connectivity index (χ0) is 25.4. The van der Waals surface area contributed by atoms with Gasteiger partial charge in [0.05, 0.1) is 11.9 Å². The van der Waals surface area contributed by atoms with E-state index in [2.05, 4.69) is 26.1 Å². The number of amides is 2. The van der Waals surface area contributed by atoms with Gasteiger partial charge in [0.2, 0.25) is 0 Å². The summed E-state index contributed by atoms with van der Waals surface area (Å²) in [6.07, 6.45) is 6.67. The Balaban J connectivity index is 0.00000320. The van der Waals surface area contributed by atoms with E-state index in [0.29, 0.717) is 25.9 Å². The molecule has 1 saturated heterocycles. The van der Waals surface area contributed by atoms with E-state index in [1.807, 2.05) is 7.05 Å². The van der Waals surface area contributed by atoms with Gasteiger partial charge in [-0.1, -0.05) is 6.07 Å². The van der Waals surface area contributed by atoms with Gasteiger partial charge >= 0.3 is 45.8 Å². The minimum absolute atomic E-state index is 0. The molecule has 0 unspecified atom stereocenters. The number of likely N-dealkylation sites (tertiary alicyclic amines) is 1. The number of nitrogens with zero attached hydrogens (tertiary/aromatic N) is 4. The molecule has 2 aromatic rings. The summed E-state index contributed by atoms with van der Waals surface area (Å²) in [6, 6.07) is 0.992. The molecule has 9 nitrogen and oxygen atoms in total. The molecule has 2 aliphatic carbocycles. The van der Waals surface area contributed by atoms with Crippen molar-refractivity contribution in [3.8, 4) is 0 Å². The number of nitrogens with one attached hydrogen (secondary N) is 2. The second-order valence-corrected chi connectivity index (χ2v) is 11.5. The number of anilines is 2. The Morgan fingerprint density at radius 1 is 1.14 bits per heavy atom. The molecular formula is C24H33F2N6NaO3S. The van der Waals surface area contributed by atoms with Crippen molar-refractivity contribution in [2.24, 2.45) is 0 Å². The molecule has 1 aromatic heterocycles. The Kier molecular flexibility index (Phi) is 8.84. The fourth-order valence-electron chi connectivity index (χ4n) is 5.76. The number of rotatable bonds is 7. The van der Waals surface area contributed by atoms with Crippen LogP contribution in [0.25, 0.3) is 0 Å². The molecule has 1 fully saturated rings. The molecule has 2 N–H and O–H groups in total. The molecule has 0 bridgehead atoms. The first-order valence-corrected chi connectivity index (χ1v) is 13.9. The Bertz CT molecular complexity index is 1220. The third-order valence-corrected chi connectivity index (χ3v) is 8.88. The molecule has 0 saturated carbocycles. The summed E-state index contributed by atoms with van der Waals surface area (Å²) < 4.78 is 57.2. The monoisotopic (exact) mass is 546 g/mol. The van der Waals surface area contributed by atoms with E-state index < -0.39 is 35.3 Å². The Labute approximate surface area is 238 Å². The minimum atomic E-state index is -4.34. The van der Waals surface area contributed by atoms with Crippen molar-refractivity contribution in [2.75, 3.05) is 29.8 Å². The van der Waals surface area contributed by atoms with Crippen LogP contribution < -0.4 is 14.3 Å².